The van der Waals surface area contributed by atoms with Gasteiger partial charge in [-0.3, -0.25) is 0 Å². The number of nitrogens with zero attached hydrogens (tertiary/aromatic N) is 1. The van der Waals surface area contributed by atoms with Gasteiger partial charge in [0.15, 0.2) is 0 Å². The molecule has 0 bridgehead atoms. The maximum atomic E-state index is 11.7. The van der Waals surface area contributed by atoms with Crippen LogP contribution < -0.4 is 5.73 Å². The minimum absolute atomic E-state index is 0.0996. The van der Waals surface area contributed by atoms with Gasteiger partial charge in [0.25, 0.3) is 0 Å². The molecule has 88 valence electrons. The lowest BCUT2D eigenvalue weighted by atomic mass is 10.0. The first-order valence-electron chi connectivity index (χ1n) is 5.57. The summed E-state index contributed by atoms with van der Waals surface area (Å²) in [6.45, 7) is 9.07. The fraction of sp³-hybridized carbons (Fsp3) is 0.909. The van der Waals surface area contributed by atoms with E-state index < -0.39 is 5.60 Å². The molecule has 0 spiro atoms. The van der Waals surface area contributed by atoms with Crippen LogP contribution in [0.5, 0.6) is 0 Å². The van der Waals surface area contributed by atoms with Crippen molar-refractivity contribution in [2.24, 2.45) is 11.7 Å². The van der Waals surface area contributed by atoms with Gasteiger partial charge in [0, 0.05) is 19.1 Å². The predicted molar refractivity (Wildman–Crippen MR) is 59.6 cm³/mol. The number of carbonyl (C=O) groups excluding carboxylic acids is 1. The maximum Gasteiger partial charge on any atom is 0.410 e. The van der Waals surface area contributed by atoms with Crippen molar-refractivity contribution in [3.63, 3.8) is 0 Å². The zero-order chi connectivity index (χ0) is 11.6. The summed E-state index contributed by atoms with van der Waals surface area (Å²) >= 11 is 0. The molecule has 15 heavy (non-hydrogen) atoms. The molecule has 1 aliphatic rings. The minimum atomic E-state index is -0.425. The van der Waals surface area contributed by atoms with Gasteiger partial charge in [-0.1, -0.05) is 13.3 Å². The molecule has 0 saturated carbocycles. The molecule has 4 heteroatoms. The van der Waals surface area contributed by atoms with Gasteiger partial charge in [0.05, 0.1) is 0 Å². The molecule has 2 atom stereocenters. The second-order valence-corrected chi connectivity index (χ2v) is 5.22. The largest absolute Gasteiger partial charge is 0.444 e. The van der Waals surface area contributed by atoms with Gasteiger partial charge in [-0.05, 0) is 26.7 Å². The van der Waals surface area contributed by atoms with E-state index in [4.69, 9.17) is 10.5 Å². The van der Waals surface area contributed by atoms with Gasteiger partial charge in [-0.25, -0.2) is 4.79 Å². The second-order valence-electron chi connectivity index (χ2n) is 5.22. The molecule has 0 aromatic carbocycles. The Morgan fingerprint density at radius 1 is 1.47 bits per heavy atom. The van der Waals surface area contributed by atoms with Gasteiger partial charge < -0.3 is 15.4 Å². The lowest BCUT2D eigenvalue weighted by Crippen LogP contribution is -2.36. The molecular formula is C11H22N2O2. The summed E-state index contributed by atoms with van der Waals surface area (Å²) in [5.41, 5.74) is 5.51. The lowest BCUT2D eigenvalue weighted by Gasteiger charge is -2.24. The average molecular weight is 214 g/mol. The molecule has 4 nitrogen and oxygen atoms in total. The third-order valence-electron chi connectivity index (χ3n) is 2.67. The number of amides is 1. The molecule has 2 N–H and O–H groups in total. The maximum absolute atomic E-state index is 11.7. The standard InChI is InChI=1S/C11H22N2O2/c1-5-8-6-13(7-9(8)12)10(14)15-11(2,3)4/h8-9H,5-7,12H2,1-4H3/t8-,9+/m1/s1. The van der Waals surface area contributed by atoms with Crippen molar-refractivity contribution >= 4 is 6.09 Å². The van der Waals surface area contributed by atoms with Crippen LogP contribution in [0.3, 0.4) is 0 Å². The molecule has 1 amide bonds. The summed E-state index contributed by atoms with van der Waals surface area (Å²) in [5, 5.41) is 0. The van der Waals surface area contributed by atoms with E-state index in [-0.39, 0.29) is 12.1 Å². The first-order chi connectivity index (χ1) is 6.83. The highest BCUT2D eigenvalue weighted by Crippen LogP contribution is 2.20. The first-order valence-corrected chi connectivity index (χ1v) is 5.57. The minimum Gasteiger partial charge on any atom is -0.444 e. The van der Waals surface area contributed by atoms with Crippen LogP contribution in [0, 0.1) is 5.92 Å². The van der Waals surface area contributed by atoms with Crippen molar-refractivity contribution in [1.82, 2.24) is 4.90 Å². The van der Waals surface area contributed by atoms with Crippen LogP contribution in [0.4, 0.5) is 4.79 Å². The van der Waals surface area contributed by atoms with Crippen LogP contribution in [0.25, 0.3) is 0 Å². The summed E-state index contributed by atoms with van der Waals surface area (Å²) in [6, 6.07) is 0.0996. The van der Waals surface area contributed by atoms with Crippen LogP contribution in [-0.2, 0) is 4.74 Å². The Labute approximate surface area is 91.8 Å². The number of hydrogen-bond acceptors (Lipinski definition) is 3. The van der Waals surface area contributed by atoms with Gasteiger partial charge in [0.1, 0.15) is 5.60 Å². The molecule has 0 unspecified atom stereocenters. The molecule has 1 aliphatic heterocycles. The van der Waals surface area contributed by atoms with Gasteiger partial charge in [-0.2, -0.15) is 0 Å². The normalized spacial score (nSPS) is 26.9. The van der Waals surface area contributed by atoms with E-state index >= 15 is 0 Å². The lowest BCUT2D eigenvalue weighted by molar-refractivity contribution is 0.0286. The first kappa shape index (κ1) is 12.3. The number of hydrogen-bond donors (Lipinski definition) is 1. The van der Waals surface area contributed by atoms with E-state index in [1.165, 1.54) is 0 Å². The van der Waals surface area contributed by atoms with Crippen LogP contribution in [0.1, 0.15) is 34.1 Å². The molecule has 0 aliphatic carbocycles. The third kappa shape index (κ3) is 3.38. The molecule has 1 saturated heterocycles. The van der Waals surface area contributed by atoms with Crippen molar-refractivity contribution in [3.8, 4) is 0 Å². The quantitative estimate of drug-likeness (QED) is 0.721. The van der Waals surface area contributed by atoms with E-state index in [1.54, 1.807) is 4.90 Å². The molecule has 1 rings (SSSR count). The highest BCUT2D eigenvalue weighted by Gasteiger charge is 2.33. The van der Waals surface area contributed by atoms with Crippen molar-refractivity contribution in [3.05, 3.63) is 0 Å². The van der Waals surface area contributed by atoms with E-state index in [0.29, 0.717) is 12.5 Å². The fourth-order valence-corrected chi connectivity index (χ4v) is 1.80. The number of likely N-dealkylation sites (tertiary alicyclic amines) is 1. The van der Waals surface area contributed by atoms with Crippen LogP contribution in [0.2, 0.25) is 0 Å². The second kappa shape index (κ2) is 4.39. The fourth-order valence-electron chi connectivity index (χ4n) is 1.80. The van der Waals surface area contributed by atoms with Crippen molar-refractivity contribution in [2.75, 3.05) is 13.1 Å². The van der Waals surface area contributed by atoms with Crippen LogP contribution in [0.15, 0.2) is 0 Å². The predicted octanol–water partition coefficient (Wildman–Crippen LogP) is 1.59. The zero-order valence-electron chi connectivity index (χ0n) is 10.1. The Hall–Kier alpha value is -0.770. The highest BCUT2D eigenvalue weighted by molar-refractivity contribution is 5.68. The Morgan fingerprint density at radius 3 is 2.47 bits per heavy atom. The molecule has 0 radical (unpaired) electrons. The van der Waals surface area contributed by atoms with E-state index in [0.717, 1.165) is 13.0 Å². The topological polar surface area (TPSA) is 55.6 Å². The molecule has 1 fully saturated rings. The summed E-state index contributed by atoms with van der Waals surface area (Å²) in [7, 11) is 0. The summed E-state index contributed by atoms with van der Waals surface area (Å²) in [6.07, 6.45) is 0.773. The smallest absolute Gasteiger partial charge is 0.410 e. The Morgan fingerprint density at radius 2 is 2.07 bits per heavy atom. The van der Waals surface area contributed by atoms with Gasteiger partial charge >= 0.3 is 6.09 Å². The zero-order valence-corrected chi connectivity index (χ0v) is 10.1. The number of rotatable bonds is 1. The molecule has 1 heterocycles. The Kier molecular flexibility index (Phi) is 3.60. The van der Waals surface area contributed by atoms with Crippen molar-refractivity contribution in [2.45, 2.75) is 45.8 Å². The Bertz CT molecular complexity index is 235. The molecule has 0 aromatic rings. The average Bonchev–Trinajstić information content (AvgIpc) is 2.43. The van der Waals surface area contributed by atoms with Crippen molar-refractivity contribution < 1.29 is 9.53 Å². The van der Waals surface area contributed by atoms with Crippen LogP contribution in [-0.4, -0.2) is 35.7 Å². The van der Waals surface area contributed by atoms with Gasteiger partial charge in [0.2, 0.25) is 0 Å². The SMILES string of the molecule is CC[C@@H]1CN(C(=O)OC(C)(C)C)C[C@@H]1N. The summed E-state index contributed by atoms with van der Waals surface area (Å²) < 4.78 is 5.29. The summed E-state index contributed by atoms with van der Waals surface area (Å²) in [5.74, 6) is 0.414. The van der Waals surface area contributed by atoms with E-state index in [9.17, 15) is 4.79 Å². The Balaban J connectivity index is 2.50. The molecular weight excluding hydrogens is 192 g/mol. The number of nitrogens with two attached hydrogens (primary N) is 1. The van der Waals surface area contributed by atoms with Crippen LogP contribution >= 0.6 is 0 Å². The monoisotopic (exact) mass is 214 g/mol. The number of carbonyl (C=O) groups is 1. The number of ether oxygens (including phenoxy) is 1. The van der Waals surface area contributed by atoms with Gasteiger partial charge in [-0.15, -0.1) is 0 Å². The third-order valence-corrected chi connectivity index (χ3v) is 2.67. The van der Waals surface area contributed by atoms with E-state index in [2.05, 4.69) is 6.92 Å². The van der Waals surface area contributed by atoms with Crippen molar-refractivity contribution in [1.29, 1.82) is 0 Å². The van der Waals surface area contributed by atoms with E-state index in [1.807, 2.05) is 20.8 Å². The highest BCUT2D eigenvalue weighted by atomic mass is 16.6. The molecule has 0 aromatic heterocycles. The summed E-state index contributed by atoms with van der Waals surface area (Å²) in [4.78, 5) is 13.4.